The fraction of sp³-hybridized carbons (Fsp3) is 0.0833. The molecule has 0 atom stereocenters. The van der Waals surface area contributed by atoms with Gasteiger partial charge in [0.15, 0.2) is 23.7 Å². The van der Waals surface area contributed by atoms with E-state index in [0.717, 1.165) is 49.9 Å². The molecule has 0 fully saturated rings. The molecule has 0 aliphatic rings. The maximum absolute atomic E-state index is 10.3. The fourth-order valence-electron chi connectivity index (χ4n) is 5.48. The molecule has 6 nitrogen and oxygen atoms in total. The molecule has 6 heteroatoms. The van der Waals surface area contributed by atoms with E-state index in [-0.39, 0.29) is 0 Å². The van der Waals surface area contributed by atoms with Crippen molar-refractivity contribution in [1.29, 1.82) is 5.26 Å². The lowest BCUT2D eigenvalue weighted by Gasteiger charge is -2.09. The van der Waals surface area contributed by atoms with Crippen LogP contribution in [-0.2, 0) is 7.05 Å². The van der Waals surface area contributed by atoms with Crippen LogP contribution >= 0.6 is 0 Å². The highest BCUT2D eigenvalue weighted by Gasteiger charge is 2.25. The van der Waals surface area contributed by atoms with Crippen molar-refractivity contribution in [1.82, 2.24) is 15.0 Å². The first kappa shape index (κ1) is 25.3. The Morgan fingerprint density at radius 1 is 0.667 bits per heavy atom. The second kappa shape index (κ2) is 10.1. The maximum atomic E-state index is 10.3. The molecule has 3 aromatic heterocycles. The zero-order chi connectivity index (χ0) is 28.8. The van der Waals surface area contributed by atoms with Crippen molar-refractivity contribution < 1.29 is 8.98 Å². The Balaban J connectivity index is 1.56. The minimum atomic E-state index is 0.392. The summed E-state index contributed by atoms with van der Waals surface area (Å²) in [5, 5.41) is 12.1. The molecule has 0 aliphatic heterocycles. The van der Waals surface area contributed by atoms with Gasteiger partial charge in [-0.3, -0.25) is 0 Å². The molecule has 7 rings (SSSR count). The monoisotopic (exact) mass is 544 g/mol. The summed E-state index contributed by atoms with van der Waals surface area (Å²) in [5.74, 6) is 1.45. The minimum Gasteiger partial charge on any atom is -0.454 e. The molecule has 200 valence electrons. The molecule has 0 saturated heterocycles. The third-order valence-electron chi connectivity index (χ3n) is 7.62. The van der Waals surface area contributed by atoms with Crippen molar-refractivity contribution in [3.05, 3.63) is 120 Å². The van der Waals surface area contributed by atoms with E-state index in [0.29, 0.717) is 34.2 Å². The van der Waals surface area contributed by atoms with Crippen molar-refractivity contribution >= 4 is 21.9 Å². The van der Waals surface area contributed by atoms with Gasteiger partial charge in [0.05, 0.1) is 16.7 Å². The van der Waals surface area contributed by atoms with Gasteiger partial charge >= 0.3 is 0 Å². The minimum absolute atomic E-state index is 0.392. The SMILES string of the molecule is Cc1cc[n+](C)c(-c2c(C)ccc3c2oc2c(-c4nc(-c5ccccc5)nc(-c5ccccc5)n4)c(C#N)ccc23)c1. The van der Waals surface area contributed by atoms with Crippen LogP contribution in [0.5, 0.6) is 0 Å². The molecular formula is C36H26N5O+. The number of nitrogens with zero attached hydrogens (tertiary/aromatic N) is 5. The summed E-state index contributed by atoms with van der Waals surface area (Å²) in [5.41, 5.74) is 8.39. The molecule has 0 bridgehead atoms. The number of furan rings is 1. The summed E-state index contributed by atoms with van der Waals surface area (Å²) in [6.07, 6.45) is 2.06. The Labute approximate surface area is 243 Å². The van der Waals surface area contributed by atoms with E-state index < -0.39 is 0 Å². The number of nitriles is 1. The summed E-state index contributed by atoms with van der Waals surface area (Å²) in [6.45, 7) is 4.18. The van der Waals surface area contributed by atoms with Crippen LogP contribution < -0.4 is 4.57 Å². The van der Waals surface area contributed by atoms with Crippen LogP contribution in [-0.4, -0.2) is 15.0 Å². The maximum Gasteiger partial charge on any atom is 0.216 e. The smallest absolute Gasteiger partial charge is 0.216 e. The van der Waals surface area contributed by atoms with Crippen LogP contribution in [0.15, 0.2) is 108 Å². The van der Waals surface area contributed by atoms with Gasteiger partial charge in [-0.25, -0.2) is 19.5 Å². The number of benzene rings is 4. The van der Waals surface area contributed by atoms with Crippen molar-refractivity contribution in [3.8, 4) is 51.5 Å². The number of hydrogen-bond acceptors (Lipinski definition) is 5. The van der Waals surface area contributed by atoms with Gasteiger partial charge in [0.25, 0.3) is 0 Å². The first-order chi connectivity index (χ1) is 20.5. The van der Waals surface area contributed by atoms with Crippen LogP contribution in [0, 0.1) is 25.2 Å². The van der Waals surface area contributed by atoms with Gasteiger partial charge in [-0.05, 0) is 37.1 Å². The normalized spacial score (nSPS) is 11.2. The third-order valence-corrected chi connectivity index (χ3v) is 7.62. The quantitative estimate of drug-likeness (QED) is 0.212. The number of pyridine rings is 1. The Bertz CT molecular complexity index is 2120. The number of fused-ring (bicyclic) bond motifs is 3. The molecule has 0 N–H and O–H groups in total. The predicted octanol–water partition coefficient (Wildman–Crippen LogP) is 7.75. The molecule has 0 saturated carbocycles. The van der Waals surface area contributed by atoms with E-state index in [1.54, 1.807) is 0 Å². The second-order valence-corrected chi connectivity index (χ2v) is 10.5. The first-order valence-electron chi connectivity index (χ1n) is 13.7. The van der Waals surface area contributed by atoms with Gasteiger partial charge in [0.1, 0.15) is 24.3 Å². The standard InChI is InChI=1S/C36H26N5O/c1-22-18-19-41(3)29(20-22)30-23(2)14-16-27-28-17-15-26(21-37)31(33(28)42-32(27)30)36-39-34(24-10-6-4-7-11-24)38-35(40-36)25-12-8-5-9-13-25/h4-20H,1-3H3/q+1. The molecule has 0 radical (unpaired) electrons. The van der Waals surface area contributed by atoms with Gasteiger partial charge in [-0.15, -0.1) is 0 Å². The summed E-state index contributed by atoms with van der Waals surface area (Å²) < 4.78 is 8.87. The summed E-state index contributed by atoms with van der Waals surface area (Å²) >= 11 is 0. The largest absolute Gasteiger partial charge is 0.454 e. The average molecular weight is 545 g/mol. The molecule has 42 heavy (non-hydrogen) atoms. The molecule has 7 aromatic rings. The molecular weight excluding hydrogens is 518 g/mol. The topological polar surface area (TPSA) is 79.5 Å². The van der Waals surface area contributed by atoms with E-state index in [1.807, 2.05) is 79.8 Å². The van der Waals surface area contributed by atoms with E-state index >= 15 is 0 Å². The van der Waals surface area contributed by atoms with Crippen LogP contribution in [0.1, 0.15) is 16.7 Å². The van der Waals surface area contributed by atoms with E-state index in [9.17, 15) is 5.26 Å². The average Bonchev–Trinajstić information content (AvgIpc) is 3.41. The second-order valence-electron chi connectivity index (χ2n) is 10.5. The zero-order valence-electron chi connectivity index (χ0n) is 23.5. The molecule has 3 heterocycles. The Morgan fingerprint density at radius 2 is 1.24 bits per heavy atom. The lowest BCUT2D eigenvalue weighted by atomic mass is 9.98. The van der Waals surface area contributed by atoms with E-state index in [2.05, 4.69) is 54.9 Å². The Hall–Kier alpha value is -5.67. The lowest BCUT2D eigenvalue weighted by molar-refractivity contribution is -0.660. The Morgan fingerprint density at radius 3 is 1.86 bits per heavy atom. The van der Waals surface area contributed by atoms with Crippen LogP contribution in [0.2, 0.25) is 0 Å². The molecule has 0 aliphatic carbocycles. The molecule has 4 aromatic carbocycles. The highest BCUT2D eigenvalue weighted by Crippen LogP contribution is 2.41. The predicted molar refractivity (Wildman–Crippen MR) is 164 cm³/mol. The Kier molecular flexibility index (Phi) is 6.06. The van der Waals surface area contributed by atoms with Gasteiger partial charge in [0, 0.05) is 34.0 Å². The van der Waals surface area contributed by atoms with Crippen molar-refractivity contribution in [2.24, 2.45) is 7.05 Å². The molecule has 0 amide bonds. The van der Waals surface area contributed by atoms with Crippen molar-refractivity contribution in [2.45, 2.75) is 13.8 Å². The summed E-state index contributed by atoms with van der Waals surface area (Å²) in [7, 11) is 2.04. The van der Waals surface area contributed by atoms with Crippen LogP contribution in [0.4, 0.5) is 0 Å². The molecule has 0 spiro atoms. The first-order valence-corrected chi connectivity index (χ1v) is 13.7. The zero-order valence-corrected chi connectivity index (χ0v) is 23.5. The number of hydrogen-bond donors (Lipinski definition) is 0. The van der Waals surface area contributed by atoms with Gasteiger partial charge in [0.2, 0.25) is 5.69 Å². The van der Waals surface area contributed by atoms with E-state index in [1.165, 1.54) is 0 Å². The van der Waals surface area contributed by atoms with Crippen molar-refractivity contribution in [2.75, 3.05) is 0 Å². The fourth-order valence-corrected chi connectivity index (χ4v) is 5.48. The van der Waals surface area contributed by atoms with Gasteiger partial charge in [-0.1, -0.05) is 72.8 Å². The number of aromatic nitrogens is 4. The lowest BCUT2D eigenvalue weighted by Crippen LogP contribution is -2.30. The third kappa shape index (κ3) is 4.20. The highest BCUT2D eigenvalue weighted by molar-refractivity contribution is 6.13. The number of aryl methyl sites for hydroxylation is 3. The highest BCUT2D eigenvalue weighted by atomic mass is 16.3. The van der Waals surface area contributed by atoms with Crippen LogP contribution in [0.25, 0.3) is 67.4 Å². The van der Waals surface area contributed by atoms with Gasteiger partial charge in [-0.2, -0.15) is 5.26 Å². The van der Waals surface area contributed by atoms with Gasteiger partial charge < -0.3 is 4.42 Å². The summed E-state index contributed by atoms with van der Waals surface area (Å²) in [4.78, 5) is 14.7. The summed E-state index contributed by atoms with van der Waals surface area (Å²) in [6, 6.07) is 34.2. The van der Waals surface area contributed by atoms with E-state index in [4.69, 9.17) is 19.4 Å². The van der Waals surface area contributed by atoms with Crippen molar-refractivity contribution in [3.63, 3.8) is 0 Å². The molecule has 0 unspecified atom stereocenters. The van der Waals surface area contributed by atoms with Crippen LogP contribution in [0.3, 0.4) is 0 Å². The number of rotatable bonds is 4.